The average molecular weight is 507 g/mol. The largest absolute Gasteiger partial charge is 0.305 e. The maximum Gasteiger partial charge on any atom is 0.279 e. The summed E-state index contributed by atoms with van der Waals surface area (Å²) in [4.78, 5) is 17.2. The molecule has 12 heteroatoms. The maximum atomic E-state index is 12.8. The third-order valence-electron chi connectivity index (χ3n) is 4.87. The van der Waals surface area contributed by atoms with Gasteiger partial charge in [0.25, 0.3) is 5.91 Å². The predicted octanol–water partition coefficient (Wildman–Crippen LogP) is 1.75. The molecular weight excluding hydrogens is 484 g/mol. The Hall–Kier alpha value is -2.82. The highest BCUT2D eigenvalue weighted by atomic mass is 32.2. The van der Waals surface area contributed by atoms with Crippen molar-refractivity contribution in [3.63, 3.8) is 0 Å². The van der Waals surface area contributed by atoms with Gasteiger partial charge in [0.1, 0.15) is 0 Å². The molecule has 0 spiro atoms. The van der Waals surface area contributed by atoms with Crippen LogP contribution in [0, 0.1) is 12.3 Å². The number of nitrogens with zero attached hydrogens (tertiary/aromatic N) is 3. The number of aromatic nitrogens is 1. The molecule has 3 rings (SSSR count). The first-order valence-electron chi connectivity index (χ1n) is 9.81. The highest BCUT2D eigenvalue weighted by Crippen LogP contribution is 2.22. The van der Waals surface area contributed by atoms with Gasteiger partial charge in [0, 0.05) is 18.7 Å². The fourth-order valence-electron chi connectivity index (χ4n) is 3.19. The zero-order chi connectivity index (χ0) is 24.4. The molecule has 0 aliphatic rings. The second-order valence-electron chi connectivity index (χ2n) is 6.88. The Labute approximate surface area is 196 Å². The van der Waals surface area contributed by atoms with Crippen LogP contribution in [0.5, 0.6) is 0 Å². The van der Waals surface area contributed by atoms with Gasteiger partial charge < -0.3 is 4.57 Å². The Balaban J connectivity index is 2.04. The molecule has 0 aliphatic heterocycles. The van der Waals surface area contributed by atoms with Crippen molar-refractivity contribution >= 4 is 47.5 Å². The Bertz CT molecular complexity index is 1520. The smallest absolute Gasteiger partial charge is 0.279 e. The van der Waals surface area contributed by atoms with Crippen molar-refractivity contribution in [2.75, 3.05) is 13.1 Å². The normalized spacial score (nSPS) is 12.9. The summed E-state index contributed by atoms with van der Waals surface area (Å²) in [6.45, 7) is 4.29. The zero-order valence-corrected chi connectivity index (χ0v) is 20.4. The van der Waals surface area contributed by atoms with E-state index in [1.54, 1.807) is 24.5 Å². The van der Waals surface area contributed by atoms with Crippen LogP contribution in [0.2, 0.25) is 0 Å². The van der Waals surface area contributed by atoms with E-state index in [1.807, 2.05) is 0 Å². The van der Waals surface area contributed by atoms with Crippen molar-refractivity contribution in [3.8, 4) is 12.3 Å². The summed E-state index contributed by atoms with van der Waals surface area (Å²) in [6, 6.07) is 9.86. The minimum atomic E-state index is -3.90. The van der Waals surface area contributed by atoms with Gasteiger partial charge in [0.15, 0.2) is 4.80 Å². The summed E-state index contributed by atoms with van der Waals surface area (Å²) in [5, 5.41) is 5.20. The van der Waals surface area contributed by atoms with E-state index in [4.69, 9.17) is 11.6 Å². The molecule has 0 radical (unpaired) electrons. The van der Waals surface area contributed by atoms with Crippen LogP contribution in [-0.2, 0) is 26.6 Å². The van der Waals surface area contributed by atoms with Crippen LogP contribution in [0.4, 0.5) is 0 Å². The van der Waals surface area contributed by atoms with Crippen molar-refractivity contribution in [2.24, 2.45) is 10.1 Å². The van der Waals surface area contributed by atoms with E-state index >= 15 is 0 Å². The van der Waals surface area contributed by atoms with Crippen LogP contribution in [0.1, 0.15) is 24.2 Å². The van der Waals surface area contributed by atoms with Gasteiger partial charge >= 0.3 is 0 Å². The fraction of sp³-hybridized carbons (Fsp3) is 0.238. The number of nitrogens with two attached hydrogens (primary N) is 1. The van der Waals surface area contributed by atoms with Crippen LogP contribution >= 0.6 is 11.3 Å². The number of terminal acetylenes is 1. The van der Waals surface area contributed by atoms with Crippen molar-refractivity contribution < 1.29 is 21.6 Å². The third-order valence-corrected chi connectivity index (χ3v) is 8.89. The first kappa shape index (κ1) is 24.8. The van der Waals surface area contributed by atoms with Crippen LogP contribution in [0.25, 0.3) is 10.2 Å². The molecule has 0 aliphatic carbocycles. The second-order valence-corrected chi connectivity index (χ2v) is 11.4. The molecule has 0 saturated heterocycles. The second kappa shape index (κ2) is 9.58. The van der Waals surface area contributed by atoms with E-state index < -0.39 is 26.0 Å². The molecule has 9 nitrogen and oxygen atoms in total. The fourth-order valence-corrected chi connectivity index (χ4v) is 6.33. The zero-order valence-electron chi connectivity index (χ0n) is 17.9. The van der Waals surface area contributed by atoms with Gasteiger partial charge in [-0.2, -0.15) is 9.30 Å². The summed E-state index contributed by atoms with van der Waals surface area (Å²) in [7, 11) is -7.54. The molecule has 1 heterocycles. The number of benzene rings is 2. The van der Waals surface area contributed by atoms with E-state index in [9.17, 15) is 21.6 Å². The summed E-state index contributed by atoms with van der Waals surface area (Å²) in [5.74, 6) is 1.90. The molecular formula is C21H22N4O5S3. The summed E-state index contributed by atoms with van der Waals surface area (Å²) in [6.07, 6.45) is 5.46. The molecule has 1 amide bonds. The summed E-state index contributed by atoms with van der Waals surface area (Å²) >= 11 is 1.09. The molecule has 174 valence electrons. The Morgan fingerprint density at radius 1 is 1.09 bits per heavy atom. The van der Waals surface area contributed by atoms with Gasteiger partial charge in [0.05, 0.1) is 26.6 Å². The average Bonchev–Trinajstić information content (AvgIpc) is 3.10. The van der Waals surface area contributed by atoms with E-state index in [0.717, 1.165) is 11.3 Å². The molecule has 2 aromatic carbocycles. The highest BCUT2D eigenvalue weighted by Gasteiger charge is 2.21. The first-order valence-corrected chi connectivity index (χ1v) is 13.6. The molecule has 0 bridgehead atoms. The number of carbonyl (C=O) groups excluding carboxylic acids is 1. The molecule has 0 saturated carbocycles. The number of thiazole rings is 1. The lowest BCUT2D eigenvalue weighted by Crippen LogP contribution is -2.30. The minimum Gasteiger partial charge on any atom is -0.305 e. The number of sulfonamides is 2. The lowest BCUT2D eigenvalue weighted by atomic mass is 10.2. The minimum absolute atomic E-state index is 0.0630. The number of hydrogen-bond donors (Lipinski definition) is 1. The van der Waals surface area contributed by atoms with Gasteiger partial charge in [-0.1, -0.05) is 31.1 Å². The van der Waals surface area contributed by atoms with E-state index in [1.165, 1.54) is 40.7 Å². The highest BCUT2D eigenvalue weighted by molar-refractivity contribution is 7.89. The molecule has 0 fully saturated rings. The standard InChI is InChI=1S/C21H22N4O5S3/c1-4-13-25-18-12-11-17(32(22,27)28)14-19(18)31-21(25)23-20(26)15-7-9-16(10-8-15)33(29,30)24(5-2)6-3/h1,7-12,14H,5-6,13H2,2-3H3,(H2,22,27,28). The monoisotopic (exact) mass is 506 g/mol. The van der Waals surface area contributed by atoms with Crippen LogP contribution < -0.4 is 9.94 Å². The van der Waals surface area contributed by atoms with E-state index in [0.29, 0.717) is 23.3 Å². The SMILES string of the molecule is C#CCn1c(=NC(=O)c2ccc(S(=O)(=O)N(CC)CC)cc2)sc2cc(S(N)(=O)=O)ccc21. The summed E-state index contributed by atoms with van der Waals surface area (Å²) < 4.78 is 52.0. The van der Waals surface area contributed by atoms with Crippen molar-refractivity contribution in [1.29, 1.82) is 0 Å². The van der Waals surface area contributed by atoms with Crippen LogP contribution in [0.3, 0.4) is 0 Å². The Morgan fingerprint density at radius 2 is 1.70 bits per heavy atom. The molecule has 33 heavy (non-hydrogen) atoms. The topological polar surface area (TPSA) is 132 Å². The van der Waals surface area contributed by atoms with Gasteiger partial charge in [-0.25, -0.2) is 22.0 Å². The lowest BCUT2D eigenvalue weighted by Gasteiger charge is -2.18. The number of carbonyl (C=O) groups is 1. The number of amides is 1. The van der Waals surface area contributed by atoms with Crippen molar-refractivity contribution in [3.05, 3.63) is 52.8 Å². The quantitative estimate of drug-likeness (QED) is 0.488. The first-order chi connectivity index (χ1) is 15.5. The van der Waals surface area contributed by atoms with Crippen LogP contribution in [0.15, 0.2) is 57.2 Å². The molecule has 2 N–H and O–H groups in total. The van der Waals surface area contributed by atoms with Gasteiger partial charge in [0.2, 0.25) is 20.0 Å². The van der Waals surface area contributed by atoms with Gasteiger partial charge in [-0.3, -0.25) is 4.79 Å². The molecule has 3 aromatic rings. The Kier molecular flexibility index (Phi) is 7.20. The van der Waals surface area contributed by atoms with E-state index in [2.05, 4.69) is 10.9 Å². The molecule has 1 aromatic heterocycles. The summed E-state index contributed by atoms with van der Waals surface area (Å²) in [5.41, 5.74) is 0.806. The predicted molar refractivity (Wildman–Crippen MR) is 126 cm³/mol. The molecule has 0 unspecified atom stereocenters. The third kappa shape index (κ3) is 5.07. The number of fused-ring (bicyclic) bond motifs is 1. The lowest BCUT2D eigenvalue weighted by molar-refractivity contribution is 0.0997. The van der Waals surface area contributed by atoms with E-state index in [-0.39, 0.29) is 26.7 Å². The number of hydrogen-bond acceptors (Lipinski definition) is 6. The number of primary sulfonamides is 1. The Morgan fingerprint density at radius 3 is 2.24 bits per heavy atom. The van der Waals surface area contributed by atoms with Gasteiger partial charge in [-0.15, -0.1) is 6.42 Å². The maximum absolute atomic E-state index is 12.8. The van der Waals surface area contributed by atoms with Crippen molar-refractivity contribution in [1.82, 2.24) is 8.87 Å². The van der Waals surface area contributed by atoms with Crippen LogP contribution in [-0.4, -0.2) is 44.7 Å². The number of rotatable bonds is 7. The van der Waals surface area contributed by atoms with Crippen molar-refractivity contribution in [2.45, 2.75) is 30.2 Å². The molecule has 0 atom stereocenters. The van der Waals surface area contributed by atoms with Gasteiger partial charge in [-0.05, 0) is 42.5 Å².